The van der Waals surface area contributed by atoms with Crippen LogP contribution in [0.5, 0.6) is 0 Å². The lowest BCUT2D eigenvalue weighted by molar-refractivity contribution is 0.0196. The fourth-order valence-electron chi connectivity index (χ4n) is 3.71. The van der Waals surface area contributed by atoms with Gasteiger partial charge in [0.05, 0.1) is 0 Å². The monoisotopic (exact) mass is 245 g/mol. The predicted molar refractivity (Wildman–Crippen MR) is 73.3 cm³/mol. The van der Waals surface area contributed by atoms with Gasteiger partial charge < -0.3 is 10.4 Å². The molecule has 18 heavy (non-hydrogen) atoms. The molecule has 0 radical (unpaired) electrons. The summed E-state index contributed by atoms with van der Waals surface area (Å²) < 4.78 is 0. The van der Waals surface area contributed by atoms with E-state index in [1.807, 2.05) is 37.3 Å². The first-order valence-corrected chi connectivity index (χ1v) is 7.22. The summed E-state index contributed by atoms with van der Waals surface area (Å²) in [6.45, 7) is 1.96. The molecule has 3 rings (SSSR count). The molecule has 2 nitrogen and oxygen atoms in total. The van der Waals surface area contributed by atoms with Crippen molar-refractivity contribution < 1.29 is 5.11 Å². The van der Waals surface area contributed by atoms with E-state index in [4.69, 9.17) is 0 Å². The summed E-state index contributed by atoms with van der Waals surface area (Å²) in [6.07, 6.45) is 6.44. The normalized spacial score (nSPS) is 34.9. The topological polar surface area (TPSA) is 32.3 Å². The summed E-state index contributed by atoms with van der Waals surface area (Å²) in [5, 5.41) is 14.6. The van der Waals surface area contributed by atoms with Crippen LogP contribution in [0.25, 0.3) is 0 Å². The van der Waals surface area contributed by atoms with Gasteiger partial charge in [-0.1, -0.05) is 43.2 Å². The van der Waals surface area contributed by atoms with Gasteiger partial charge in [0.25, 0.3) is 0 Å². The van der Waals surface area contributed by atoms with Crippen molar-refractivity contribution in [2.45, 2.75) is 56.7 Å². The minimum Gasteiger partial charge on any atom is -0.384 e. The Bertz CT molecular complexity index is 387. The maximum atomic E-state index is 10.9. The molecule has 2 fully saturated rings. The fourth-order valence-corrected chi connectivity index (χ4v) is 3.71. The molecular weight excluding hydrogens is 222 g/mol. The molecule has 0 aromatic heterocycles. The number of aliphatic hydroxyl groups is 1. The number of benzene rings is 1. The molecule has 2 aliphatic rings. The smallest absolute Gasteiger partial charge is 0.102 e. The van der Waals surface area contributed by atoms with Crippen molar-refractivity contribution in [1.82, 2.24) is 5.32 Å². The zero-order valence-corrected chi connectivity index (χ0v) is 11.1. The lowest BCUT2D eigenvalue weighted by Crippen LogP contribution is -2.45. The molecule has 0 spiro atoms. The molecule has 0 amide bonds. The number of fused-ring (bicyclic) bond motifs is 1. The van der Waals surface area contributed by atoms with E-state index in [0.29, 0.717) is 6.04 Å². The maximum Gasteiger partial charge on any atom is 0.102 e. The molecule has 1 heterocycles. The second kappa shape index (κ2) is 4.67. The minimum atomic E-state index is -0.751. The lowest BCUT2D eigenvalue weighted by Gasteiger charge is -2.31. The van der Waals surface area contributed by atoms with Crippen molar-refractivity contribution in [2.24, 2.45) is 5.92 Å². The first kappa shape index (κ1) is 12.2. The minimum absolute atomic E-state index is 0.202. The summed E-state index contributed by atoms with van der Waals surface area (Å²) >= 11 is 0. The first-order chi connectivity index (χ1) is 8.68. The Kier molecular flexibility index (Phi) is 3.16. The summed E-state index contributed by atoms with van der Waals surface area (Å²) in [6, 6.07) is 10.9. The molecule has 1 aliphatic heterocycles. The Morgan fingerprint density at radius 2 is 1.89 bits per heavy atom. The Morgan fingerprint density at radius 1 is 1.17 bits per heavy atom. The largest absolute Gasteiger partial charge is 0.384 e. The summed E-state index contributed by atoms with van der Waals surface area (Å²) in [7, 11) is 0. The van der Waals surface area contributed by atoms with Gasteiger partial charge in [0, 0.05) is 12.1 Å². The predicted octanol–water partition coefficient (Wildman–Crippen LogP) is 2.81. The van der Waals surface area contributed by atoms with E-state index in [2.05, 4.69) is 5.32 Å². The maximum absolute atomic E-state index is 10.9. The zero-order valence-electron chi connectivity index (χ0n) is 11.1. The van der Waals surface area contributed by atoms with Gasteiger partial charge in [0.1, 0.15) is 5.60 Å². The SMILES string of the molecule is C[C@@](O)(c1ccccc1)[C@@H]1CC2CCCCC2N1. The summed E-state index contributed by atoms with van der Waals surface area (Å²) in [5.41, 5.74) is 0.277. The molecule has 1 aromatic carbocycles. The Balaban J connectivity index is 1.79. The van der Waals surface area contributed by atoms with Crippen LogP contribution in [0.1, 0.15) is 44.6 Å². The van der Waals surface area contributed by atoms with Gasteiger partial charge in [-0.05, 0) is 37.7 Å². The molecule has 1 saturated carbocycles. The van der Waals surface area contributed by atoms with Gasteiger partial charge in [-0.15, -0.1) is 0 Å². The van der Waals surface area contributed by atoms with Crippen LogP contribution < -0.4 is 5.32 Å². The lowest BCUT2D eigenvalue weighted by atomic mass is 9.81. The number of hydrogen-bond donors (Lipinski definition) is 2. The van der Waals surface area contributed by atoms with Crippen LogP contribution in [0.4, 0.5) is 0 Å². The standard InChI is InChI=1S/C16H23NO/c1-16(18,13-8-3-2-4-9-13)15-11-12-7-5-6-10-14(12)17-15/h2-4,8-9,12,14-15,17-18H,5-7,10-11H2,1H3/t12?,14?,15-,16+/m0/s1. The number of hydrogen-bond acceptors (Lipinski definition) is 2. The first-order valence-electron chi connectivity index (χ1n) is 7.22. The van der Waals surface area contributed by atoms with Gasteiger partial charge in [-0.2, -0.15) is 0 Å². The molecule has 1 saturated heterocycles. The average molecular weight is 245 g/mol. The third-order valence-electron chi connectivity index (χ3n) is 4.90. The summed E-state index contributed by atoms with van der Waals surface area (Å²) in [5.74, 6) is 0.777. The van der Waals surface area contributed by atoms with E-state index in [1.54, 1.807) is 0 Å². The Morgan fingerprint density at radius 3 is 2.61 bits per heavy atom. The molecule has 0 bridgehead atoms. The highest BCUT2D eigenvalue weighted by Crippen LogP contribution is 2.39. The van der Waals surface area contributed by atoms with Gasteiger partial charge >= 0.3 is 0 Å². The quantitative estimate of drug-likeness (QED) is 0.839. The van der Waals surface area contributed by atoms with Gasteiger partial charge in [-0.3, -0.25) is 0 Å². The van der Waals surface area contributed by atoms with Crippen molar-refractivity contribution in [3.63, 3.8) is 0 Å². The number of nitrogens with one attached hydrogen (secondary N) is 1. The van der Waals surface area contributed by atoms with E-state index in [9.17, 15) is 5.11 Å². The zero-order chi connectivity index (χ0) is 12.6. The molecule has 2 N–H and O–H groups in total. The Hall–Kier alpha value is -0.860. The third kappa shape index (κ3) is 2.08. The van der Waals surface area contributed by atoms with Crippen molar-refractivity contribution >= 4 is 0 Å². The van der Waals surface area contributed by atoms with E-state index in [0.717, 1.165) is 17.9 Å². The molecule has 1 aromatic rings. The van der Waals surface area contributed by atoms with Crippen LogP contribution in [-0.4, -0.2) is 17.2 Å². The van der Waals surface area contributed by atoms with Gasteiger partial charge in [0.2, 0.25) is 0 Å². The van der Waals surface area contributed by atoms with Crippen LogP contribution in [0.3, 0.4) is 0 Å². The van der Waals surface area contributed by atoms with Crippen LogP contribution in [-0.2, 0) is 5.60 Å². The van der Waals surface area contributed by atoms with Gasteiger partial charge in [-0.25, -0.2) is 0 Å². The van der Waals surface area contributed by atoms with Crippen molar-refractivity contribution in [2.75, 3.05) is 0 Å². The van der Waals surface area contributed by atoms with Crippen molar-refractivity contribution in [3.05, 3.63) is 35.9 Å². The van der Waals surface area contributed by atoms with Crippen molar-refractivity contribution in [3.8, 4) is 0 Å². The van der Waals surface area contributed by atoms with Gasteiger partial charge in [0.15, 0.2) is 0 Å². The highest BCUT2D eigenvalue weighted by atomic mass is 16.3. The van der Waals surface area contributed by atoms with Crippen LogP contribution in [0.15, 0.2) is 30.3 Å². The summed E-state index contributed by atoms with van der Waals surface area (Å²) in [4.78, 5) is 0. The second-order valence-electron chi connectivity index (χ2n) is 6.12. The second-order valence-corrected chi connectivity index (χ2v) is 6.12. The van der Waals surface area contributed by atoms with Crippen LogP contribution in [0.2, 0.25) is 0 Å². The molecular formula is C16H23NO. The third-order valence-corrected chi connectivity index (χ3v) is 4.90. The van der Waals surface area contributed by atoms with Crippen LogP contribution >= 0.6 is 0 Å². The fraction of sp³-hybridized carbons (Fsp3) is 0.625. The average Bonchev–Trinajstić information content (AvgIpc) is 2.84. The van der Waals surface area contributed by atoms with E-state index in [1.165, 1.54) is 25.7 Å². The molecule has 4 atom stereocenters. The Labute approximate surface area is 109 Å². The van der Waals surface area contributed by atoms with Crippen molar-refractivity contribution in [1.29, 1.82) is 0 Å². The molecule has 1 aliphatic carbocycles. The van der Waals surface area contributed by atoms with Crippen LogP contribution in [0, 0.1) is 5.92 Å². The molecule has 2 unspecified atom stereocenters. The highest BCUT2D eigenvalue weighted by Gasteiger charge is 2.43. The molecule has 98 valence electrons. The number of rotatable bonds is 2. The van der Waals surface area contributed by atoms with E-state index >= 15 is 0 Å². The molecule has 2 heteroatoms. The highest BCUT2D eigenvalue weighted by molar-refractivity contribution is 5.24. The van der Waals surface area contributed by atoms with E-state index < -0.39 is 5.60 Å². The van der Waals surface area contributed by atoms with E-state index in [-0.39, 0.29) is 6.04 Å².